The molecule has 2 aromatic carbocycles. The lowest BCUT2D eigenvalue weighted by Gasteiger charge is -2.28. The summed E-state index contributed by atoms with van der Waals surface area (Å²) in [7, 11) is 1.76. The lowest BCUT2D eigenvalue weighted by molar-refractivity contribution is -0.135. The van der Waals surface area contributed by atoms with E-state index in [9.17, 15) is 9.59 Å². The number of piperazine rings is 1. The lowest BCUT2D eigenvalue weighted by Crippen LogP contribution is -2.43. The number of carboxylic acids is 1. The van der Waals surface area contributed by atoms with E-state index >= 15 is 0 Å². The molecule has 2 aromatic heterocycles. The molecule has 1 aliphatic rings. The molecule has 5 rings (SSSR count). The molecule has 202 valence electrons. The summed E-state index contributed by atoms with van der Waals surface area (Å²) in [6.45, 7) is 5.40. The maximum Gasteiger partial charge on any atom is 0.322 e. The molecule has 0 unspecified atom stereocenters. The molecular formula is C29H32N6O4. The van der Waals surface area contributed by atoms with Gasteiger partial charge in [-0.05, 0) is 41.5 Å². The molecule has 0 atom stereocenters. The topological polar surface area (TPSA) is 122 Å². The molecule has 0 aliphatic carbocycles. The predicted molar refractivity (Wildman–Crippen MR) is 149 cm³/mol. The van der Waals surface area contributed by atoms with E-state index in [4.69, 9.17) is 9.84 Å². The number of benzene rings is 2. The van der Waals surface area contributed by atoms with E-state index in [2.05, 4.69) is 43.8 Å². The van der Waals surface area contributed by atoms with Crippen molar-refractivity contribution in [1.29, 1.82) is 0 Å². The van der Waals surface area contributed by atoms with Gasteiger partial charge >= 0.3 is 5.97 Å². The number of pyridine rings is 1. The highest BCUT2D eigenvalue weighted by Gasteiger charge is 2.21. The van der Waals surface area contributed by atoms with Crippen molar-refractivity contribution >= 4 is 28.5 Å². The van der Waals surface area contributed by atoms with Crippen LogP contribution in [0, 0.1) is 6.92 Å². The molecule has 39 heavy (non-hydrogen) atoms. The van der Waals surface area contributed by atoms with Gasteiger partial charge in [-0.1, -0.05) is 30.3 Å². The molecule has 0 spiro atoms. The predicted octanol–water partition coefficient (Wildman–Crippen LogP) is 2.79. The number of nitrogens with zero attached hydrogens (tertiary/aromatic N) is 4. The van der Waals surface area contributed by atoms with Gasteiger partial charge in [-0.2, -0.15) is 5.10 Å². The van der Waals surface area contributed by atoms with Gasteiger partial charge in [0.2, 0.25) is 0 Å². The van der Waals surface area contributed by atoms with Crippen molar-refractivity contribution in [3.05, 3.63) is 71.7 Å². The maximum absolute atomic E-state index is 12.6. The van der Waals surface area contributed by atoms with E-state index in [1.165, 1.54) is 0 Å². The number of amides is 1. The first-order valence-corrected chi connectivity index (χ1v) is 13.0. The Morgan fingerprint density at radius 2 is 1.92 bits per heavy atom. The summed E-state index contributed by atoms with van der Waals surface area (Å²) in [5, 5.41) is 21.2. The zero-order valence-corrected chi connectivity index (χ0v) is 22.1. The summed E-state index contributed by atoms with van der Waals surface area (Å²) in [5.41, 5.74) is 3.79. The van der Waals surface area contributed by atoms with E-state index in [-0.39, 0.29) is 5.69 Å². The number of ether oxygens (including phenoxy) is 1. The molecular weight excluding hydrogens is 496 g/mol. The van der Waals surface area contributed by atoms with Crippen molar-refractivity contribution in [2.75, 3.05) is 44.2 Å². The average Bonchev–Trinajstić information content (AvgIpc) is 3.25. The minimum absolute atomic E-state index is 0.216. The zero-order chi connectivity index (χ0) is 27.4. The first-order valence-electron chi connectivity index (χ1n) is 13.0. The minimum Gasteiger partial charge on any atom is -0.493 e. The molecule has 3 heterocycles. The number of aromatic nitrogens is 3. The van der Waals surface area contributed by atoms with Gasteiger partial charge in [-0.25, -0.2) is 4.98 Å². The Bertz CT molecular complexity index is 1510. The largest absolute Gasteiger partial charge is 0.493 e. The van der Waals surface area contributed by atoms with Crippen LogP contribution in [-0.4, -0.2) is 71.1 Å². The first-order chi connectivity index (χ1) is 18.9. The van der Waals surface area contributed by atoms with Crippen molar-refractivity contribution < 1.29 is 19.4 Å². The van der Waals surface area contributed by atoms with Crippen LogP contribution in [0.3, 0.4) is 0 Å². The number of rotatable bonds is 9. The Morgan fingerprint density at radius 3 is 2.72 bits per heavy atom. The van der Waals surface area contributed by atoms with Crippen LogP contribution in [0.5, 0.6) is 5.75 Å². The minimum atomic E-state index is -1.11. The number of aliphatic carboxylic acids is 1. The number of carbonyl (C=O) groups excluding carboxylic acids is 1. The van der Waals surface area contributed by atoms with Crippen molar-refractivity contribution in [3.8, 4) is 16.9 Å². The van der Waals surface area contributed by atoms with Gasteiger partial charge in [0.25, 0.3) is 5.91 Å². The Morgan fingerprint density at radius 1 is 1.13 bits per heavy atom. The van der Waals surface area contributed by atoms with Gasteiger partial charge < -0.3 is 25.4 Å². The van der Waals surface area contributed by atoms with Gasteiger partial charge in [0.1, 0.15) is 18.1 Å². The summed E-state index contributed by atoms with van der Waals surface area (Å²) >= 11 is 0. The van der Waals surface area contributed by atoms with Crippen molar-refractivity contribution in [2.24, 2.45) is 7.05 Å². The van der Waals surface area contributed by atoms with Gasteiger partial charge in [0.15, 0.2) is 5.69 Å². The number of nitrogens with one attached hydrogen (secondary N) is 2. The molecule has 10 heteroatoms. The van der Waals surface area contributed by atoms with Crippen molar-refractivity contribution in [1.82, 2.24) is 25.4 Å². The smallest absolute Gasteiger partial charge is 0.322 e. The number of carboxylic acid groups (broad SMARTS) is 1. The number of carbonyl (C=O) groups is 2. The normalized spacial score (nSPS) is 13.4. The fraction of sp³-hybridized carbons (Fsp3) is 0.310. The molecule has 0 bridgehead atoms. The fourth-order valence-electron chi connectivity index (χ4n) is 4.95. The molecule has 0 radical (unpaired) electrons. The van der Waals surface area contributed by atoms with E-state index in [1.54, 1.807) is 11.7 Å². The van der Waals surface area contributed by atoms with Crippen LogP contribution in [-0.2, 0) is 18.3 Å². The molecule has 3 N–H and O–H groups in total. The van der Waals surface area contributed by atoms with Crippen LogP contribution < -0.4 is 20.3 Å². The summed E-state index contributed by atoms with van der Waals surface area (Å²) in [6.07, 6.45) is 2.28. The van der Waals surface area contributed by atoms with E-state index < -0.39 is 18.4 Å². The van der Waals surface area contributed by atoms with E-state index in [1.807, 2.05) is 43.5 Å². The molecule has 0 saturated carbocycles. The highest BCUT2D eigenvalue weighted by atomic mass is 16.5. The van der Waals surface area contributed by atoms with Crippen LogP contribution >= 0.6 is 0 Å². The number of hydrogen-bond acceptors (Lipinski definition) is 7. The standard InChI is InChI=1S/C29H32N6O4/c1-19-22(28(33-34(19)2)29(38)32-18-26(36)37)10-16-39-24-8-7-20-5-3-4-6-23(20)27(24)21-9-11-31-25(17-21)35-14-12-30-13-15-35/h3-9,11,17,30H,10,12-16,18H2,1-2H3,(H,32,38)(H,36,37). The number of fused-ring (bicyclic) bond motifs is 1. The van der Waals surface area contributed by atoms with Crippen LogP contribution in [0.15, 0.2) is 54.7 Å². The van der Waals surface area contributed by atoms with Crippen molar-refractivity contribution in [2.45, 2.75) is 13.3 Å². The third kappa shape index (κ3) is 5.70. The third-order valence-electron chi connectivity index (χ3n) is 7.05. The van der Waals surface area contributed by atoms with Gasteiger partial charge in [0.05, 0.1) is 6.61 Å². The highest BCUT2D eigenvalue weighted by molar-refractivity contribution is 6.00. The lowest BCUT2D eigenvalue weighted by atomic mass is 9.97. The molecule has 4 aromatic rings. The monoisotopic (exact) mass is 528 g/mol. The molecule has 1 saturated heterocycles. The summed E-state index contributed by atoms with van der Waals surface area (Å²) in [4.78, 5) is 30.4. The Balaban J connectivity index is 1.43. The average molecular weight is 529 g/mol. The SMILES string of the molecule is Cc1c(CCOc2ccc3ccccc3c2-c2ccnc(N3CCNCC3)c2)c(C(=O)NCC(=O)O)nn1C. The number of aryl methyl sites for hydroxylation is 1. The van der Waals surface area contributed by atoms with E-state index in [0.29, 0.717) is 13.0 Å². The quantitative estimate of drug-likeness (QED) is 0.303. The molecule has 1 fully saturated rings. The number of hydrogen-bond donors (Lipinski definition) is 3. The summed E-state index contributed by atoms with van der Waals surface area (Å²) in [6, 6.07) is 16.4. The van der Waals surface area contributed by atoms with Crippen LogP contribution in [0.4, 0.5) is 5.82 Å². The van der Waals surface area contributed by atoms with Crippen molar-refractivity contribution in [3.63, 3.8) is 0 Å². The first kappa shape index (κ1) is 26.2. The van der Waals surface area contributed by atoms with E-state index in [0.717, 1.165) is 70.9 Å². The Labute approximate surface area is 226 Å². The van der Waals surface area contributed by atoms with Gasteiger partial charge in [0, 0.05) is 62.7 Å². The Kier molecular flexibility index (Phi) is 7.74. The second kappa shape index (κ2) is 11.5. The summed E-state index contributed by atoms with van der Waals surface area (Å²) in [5.74, 6) is 0.0566. The maximum atomic E-state index is 12.6. The number of anilines is 1. The van der Waals surface area contributed by atoms with Gasteiger partial charge in [-0.3, -0.25) is 14.3 Å². The van der Waals surface area contributed by atoms with Crippen LogP contribution in [0.2, 0.25) is 0 Å². The molecule has 1 amide bonds. The Hall–Kier alpha value is -4.44. The van der Waals surface area contributed by atoms with Crippen LogP contribution in [0.1, 0.15) is 21.7 Å². The highest BCUT2D eigenvalue weighted by Crippen LogP contribution is 2.38. The third-order valence-corrected chi connectivity index (χ3v) is 7.05. The van der Waals surface area contributed by atoms with Gasteiger partial charge in [-0.15, -0.1) is 0 Å². The molecule has 1 aliphatic heterocycles. The second-order valence-corrected chi connectivity index (χ2v) is 9.51. The fourth-order valence-corrected chi connectivity index (χ4v) is 4.95. The van der Waals surface area contributed by atoms with Crippen LogP contribution in [0.25, 0.3) is 21.9 Å². The summed E-state index contributed by atoms with van der Waals surface area (Å²) < 4.78 is 8.01. The molecule has 10 nitrogen and oxygen atoms in total. The second-order valence-electron chi connectivity index (χ2n) is 9.51. The zero-order valence-electron chi connectivity index (χ0n) is 22.1.